The zero-order valence-corrected chi connectivity index (χ0v) is 14.5. The fourth-order valence-electron chi connectivity index (χ4n) is 2.18. The molecule has 0 amide bonds. The summed E-state index contributed by atoms with van der Waals surface area (Å²) in [6.45, 7) is 14.4. The molecule has 0 aliphatic carbocycles. The number of hydrogen-bond donors (Lipinski definition) is 1. The molecule has 1 aromatic heterocycles. The van der Waals surface area contributed by atoms with E-state index in [1.165, 1.54) is 13.0 Å². The van der Waals surface area contributed by atoms with E-state index in [1.807, 2.05) is 7.05 Å². The third-order valence-corrected chi connectivity index (χ3v) is 4.76. The van der Waals surface area contributed by atoms with Gasteiger partial charge in [0.05, 0.1) is 5.69 Å². The number of aromatic nitrogens is 1. The molecule has 1 atom stereocenters. The normalized spacial score (nSPS) is 12.9. The number of anilines is 1. The second kappa shape index (κ2) is 9.32. The lowest BCUT2D eigenvalue weighted by Crippen LogP contribution is -2.30. The topological polar surface area (TPSA) is 31.4 Å². The van der Waals surface area contributed by atoms with Gasteiger partial charge in [0.2, 0.25) is 0 Å². The van der Waals surface area contributed by atoms with Crippen molar-refractivity contribution in [3.05, 3.63) is 11.1 Å². The van der Waals surface area contributed by atoms with Gasteiger partial charge >= 0.3 is 0 Å². The maximum absolute atomic E-state index is 4.76. The molecule has 0 aliphatic heterocycles. The fraction of sp³-hybridized carbons (Fsp3) is 0.800. The van der Waals surface area contributed by atoms with E-state index in [1.54, 1.807) is 11.3 Å². The summed E-state index contributed by atoms with van der Waals surface area (Å²) in [5, 5.41) is 6.57. The smallest absolute Gasteiger partial charge is 0.185 e. The van der Waals surface area contributed by atoms with Crippen molar-refractivity contribution < 1.29 is 0 Å². The minimum absolute atomic E-state index is 0.328. The van der Waals surface area contributed by atoms with E-state index < -0.39 is 0 Å². The first-order valence-electron chi connectivity index (χ1n) is 7.76. The lowest BCUT2D eigenvalue weighted by atomic mass is 10.3. The highest BCUT2D eigenvalue weighted by Crippen LogP contribution is 2.24. The predicted molar refractivity (Wildman–Crippen MR) is 89.9 cm³/mol. The molecule has 20 heavy (non-hydrogen) atoms. The Bertz CT molecular complexity index is 363. The van der Waals surface area contributed by atoms with Crippen LogP contribution in [0.4, 0.5) is 5.13 Å². The fourth-order valence-corrected chi connectivity index (χ4v) is 3.19. The molecule has 1 unspecified atom stereocenters. The highest BCUT2D eigenvalue weighted by molar-refractivity contribution is 7.13. The van der Waals surface area contributed by atoms with Crippen LogP contribution in [0.25, 0.3) is 0 Å². The maximum Gasteiger partial charge on any atom is 0.185 e. The third-order valence-electron chi connectivity index (χ3n) is 3.84. The number of nitrogens with one attached hydrogen (secondary N) is 1. The third kappa shape index (κ3) is 5.04. The van der Waals surface area contributed by atoms with Crippen LogP contribution in [0.3, 0.4) is 0 Å². The minimum Gasteiger partial charge on any atom is -0.348 e. The lowest BCUT2D eigenvalue weighted by molar-refractivity contribution is 0.300. The van der Waals surface area contributed by atoms with Gasteiger partial charge in [0, 0.05) is 24.5 Å². The molecule has 116 valence electrons. The van der Waals surface area contributed by atoms with Crippen molar-refractivity contribution in [2.24, 2.45) is 0 Å². The summed E-state index contributed by atoms with van der Waals surface area (Å²) in [5.41, 5.74) is 1.15. The van der Waals surface area contributed by atoms with Gasteiger partial charge in [-0.1, -0.05) is 13.8 Å². The Kier molecular flexibility index (Phi) is 8.11. The molecule has 1 rings (SSSR count). The Morgan fingerprint density at radius 3 is 2.45 bits per heavy atom. The van der Waals surface area contributed by atoms with Crippen molar-refractivity contribution in [1.82, 2.24) is 15.2 Å². The van der Waals surface area contributed by atoms with Gasteiger partial charge in [0.25, 0.3) is 0 Å². The minimum atomic E-state index is 0.328. The van der Waals surface area contributed by atoms with Crippen LogP contribution < -0.4 is 10.2 Å². The molecule has 0 aliphatic rings. The molecular formula is C15H30N4S. The molecular weight excluding hydrogens is 268 g/mol. The largest absolute Gasteiger partial charge is 0.348 e. The molecule has 0 bridgehead atoms. The maximum atomic E-state index is 4.76. The molecule has 1 heterocycles. The zero-order valence-electron chi connectivity index (χ0n) is 13.6. The van der Waals surface area contributed by atoms with Crippen LogP contribution in [0.5, 0.6) is 0 Å². The van der Waals surface area contributed by atoms with Crippen molar-refractivity contribution >= 4 is 16.5 Å². The quantitative estimate of drug-likeness (QED) is 0.719. The first kappa shape index (κ1) is 17.4. The average molecular weight is 298 g/mol. The first-order valence-corrected chi connectivity index (χ1v) is 8.64. The van der Waals surface area contributed by atoms with Crippen molar-refractivity contribution in [3.8, 4) is 0 Å². The van der Waals surface area contributed by atoms with Crippen molar-refractivity contribution in [1.29, 1.82) is 0 Å². The van der Waals surface area contributed by atoms with Crippen molar-refractivity contribution in [2.75, 3.05) is 44.7 Å². The molecule has 0 saturated carbocycles. The summed E-state index contributed by atoms with van der Waals surface area (Å²) in [4.78, 5) is 9.62. The van der Waals surface area contributed by atoms with Gasteiger partial charge in [0.15, 0.2) is 5.13 Å². The molecule has 0 aromatic carbocycles. The number of nitrogens with zero attached hydrogens (tertiary/aromatic N) is 3. The van der Waals surface area contributed by atoms with E-state index in [2.05, 4.69) is 48.2 Å². The van der Waals surface area contributed by atoms with E-state index in [9.17, 15) is 0 Å². The molecule has 0 saturated heterocycles. The highest BCUT2D eigenvalue weighted by Gasteiger charge is 2.12. The van der Waals surface area contributed by atoms with Gasteiger partial charge in [-0.05, 0) is 47.0 Å². The first-order chi connectivity index (χ1) is 9.65. The second-order valence-corrected chi connectivity index (χ2v) is 5.86. The van der Waals surface area contributed by atoms with Gasteiger partial charge in [-0.25, -0.2) is 4.98 Å². The van der Waals surface area contributed by atoms with Gasteiger partial charge < -0.3 is 15.1 Å². The summed E-state index contributed by atoms with van der Waals surface area (Å²) < 4.78 is 0. The standard InChI is InChI=1S/C15H30N4S/c1-6-18(7-2)10-9-11-19(8-3)15-17-14(12-20-15)13(4)16-5/h12-13,16H,6-11H2,1-5H3. The molecule has 0 spiro atoms. The lowest BCUT2D eigenvalue weighted by Gasteiger charge is -2.23. The van der Waals surface area contributed by atoms with Crippen LogP contribution in [0, 0.1) is 0 Å². The van der Waals surface area contributed by atoms with Crippen molar-refractivity contribution in [2.45, 2.75) is 40.2 Å². The Balaban J connectivity index is 2.51. The molecule has 0 fully saturated rings. The van der Waals surface area contributed by atoms with Gasteiger partial charge in [-0.3, -0.25) is 0 Å². The summed E-state index contributed by atoms with van der Waals surface area (Å²) >= 11 is 1.76. The number of hydrogen-bond acceptors (Lipinski definition) is 5. The zero-order chi connectivity index (χ0) is 15.0. The van der Waals surface area contributed by atoms with Gasteiger partial charge in [-0.15, -0.1) is 11.3 Å². The summed E-state index contributed by atoms with van der Waals surface area (Å²) in [6.07, 6.45) is 1.20. The van der Waals surface area contributed by atoms with E-state index in [0.717, 1.165) is 37.0 Å². The molecule has 1 N–H and O–H groups in total. The summed E-state index contributed by atoms with van der Waals surface area (Å²) in [5.74, 6) is 0. The molecule has 1 aromatic rings. The predicted octanol–water partition coefficient (Wildman–Crippen LogP) is 2.98. The number of thiazole rings is 1. The Labute approximate surface area is 128 Å². The van der Waals surface area contributed by atoms with Crippen LogP contribution in [-0.4, -0.2) is 49.7 Å². The Morgan fingerprint density at radius 2 is 1.90 bits per heavy atom. The monoisotopic (exact) mass is 298 g/mol. The van der Waals surface area contributed by atoms with Crippen LogP contribution in [-0.2, 0) is 0 Å². The average Bonchev–Trinajstić information content (AvgIpc) is 2.96. The summed E-state index contributed by atoms with van der Waals surface area (Å²) in [7, 11) is 1.98. The van der Waals surface area contributed by atoms with Crippen LogP contribution >= 0.6 is 11.3 Å². The molecule has 5 heteroatoms. The molecule has 0 radical (unpaired) electrons. The summed E-state index contributed by atoms with van der Waals surface area (Å²) in [6, 6.07) is 0.328. The van der Waals surface area contributed by atoms with Gasteiger partial charge in [0.1, 0.15) is 0 Å². The van der Waals surface area contributed by atoms with Crippen molar-refractivity contribution in [3.63, 3.8) is 0 Å². The number of rotatable bonds is 10. The molecule has 4 nitrogen and oxygen atoms in total. The SMILES string of the molecule is CCN(CC)CCCN(CC)c1nc(C(C)NC)cs1. The highest BCUT2D eigenvalue weighted by atomic mass is 32.1. The van der Waals surface area contributed by atoms with Crippen LogP contribution in [0.15, 0.2) is 5.38 Å². The van der Waals surface area contributed by atoms with E-state index in [0.29, 0.717) is 6.04 Å². The van der Waals surface area contributed by atoms with E-state index in [-0.39, 0.29) is 0 Å². The van der Waals surface area contributed by atoms with Gasteiger partial charge in [-0.2, -0.15) is 0 Å². The second-order valence-electron chi connectivity index (χ2n) is 5.03. The van der Waals surface area contributed by atoms with E-state index in [4.69, 9.17) is 4.98 Å². The Morgan fingerprint density at radius 1 is 1.20 bits per heavy atom. The Hall–Kier alpha value is -0.650. The van der Waals surface area contributed by atoms with E-state index >= 15 is 0 Å². The van der Waals surface area contributed by atoms with Crippen LogP contribution in [0.2, 0.25) is 0 Å². The van der Waals surface area contributed by atoms with Crippen LogP contribution in [0.1, 0.15) is 45.9 Å².